The molecular formula is C20H29. The Morgan fingerprint density at radius 2 is 1.50 bits per heavy atom. The van der Waals surface area contributed by atoms with Crippen LogP contribution in [0.1, 0.15) is 99.7 Å². The van der Waals surface area contributed by atoms with Gasteiger partial charge in [-0.15, -0.1) is 0 Å². The molecule has 1 radical (unpaired) electrons. The van der Waals surface area contributed by atoms with Gasteiger partial charge in [0.05, 0.1) is 0 Å². The van der Waals surface area contributed by atoms with Crippen molar-refractivity contribution in [3.8, 4) is 0 Å². The normalized spacial score (nSPS) is 22.1. The zero-order chi connectivity index (χ0) is 13.8. The third-order valence-corrected chi connectivity index (χ3v) is 5.59. The lowest BCUT2D eigenvalue weighted by Gasteiger charge is -2.29. The second-order valence-corrected chi connectivity index (χ2v) is 6.85. The van der Waals surface area contributed by atoms with Gasteiger partial charge in [0.15, 0.2) is 0 Å². The lowest BCUT2D eigenvalue weighted by atomic mass is 9.76. The average Bonchev–Trinajstić information content (AvgIpc) is 2.55. The summed E-state index contributed by atoms with van der Waals surface area (Å²) in [5, 5.41) is 0. The summed E-state index contributed by atoms with van der Waals surface area (Å²) in [5.74, 6) is 1.65. The molecule has 0 unspecified atom stereocenters. The van der Waals surface area contributed by atoms with E-state index in [9.17, 15) is 0 Å². The molecule has 2 aliphatic rings. The third kappa shape index (κ3) is 2.95. The first-order valence-electron chi connectivity index (χ1n) is 8.93. The van der Waals surface area contributed by atoms with Crippen molar-refractivity contribution in [2.75, 3.05) is 0 Å². The van der Waals surface area contributed by atoms with Crippen molar-refractivity contribution in [3.05, 3.63) is 34.9 Å². The molecule has 0 saturated heterocycles. The van der Waals surface area contributed by atoms with Crippen LogP contribution in [-0.4, -0.2) is 0 Å². The molecule has 0 nitrogen and oxygen atoms in total. The van der Waals surface area contributed by atoms with Gasteiger partial charge in [-0.1, -0.05) is 57.6 Å². The third-order valence-electron chi connectivity index (χ3n) is 5.59. The second kappa shape index (κ2) is 6.78. The summed E-state index contributed by atoms with van der Waals surface area (Å²) in [6, 6.07) is 8.26. The maximum atomic E-state index is 3.64. The van der Waals surface area contributed by atoms with Gasteiger partial charge in [-0.25, -0.2) is 0 Å². The van der Waals surface area contributed by atoms with E-state index in [1.807, 2.05) is 0 Å². The fraction of sp³-hybridized carbons (Fsp3) is 0.700. The topological polar surface area (TPSA) is 0 Å². The lowest BCUT2D eigenvalue weighted by molar-refractivity contribution is 0.431. The van der Waals surface area contributed by atoms with Crippen LogP contribution in [0, 0.1) is 6.07 Å². The van der Waals surface area contributed by atoms with E-state index in [4.69, 9.17) is 0 Å². The predicted molar refractivity (Wildman–Crippen MR) is 86.3 cm³/mol. The van der Waals surface area contributed by atoms with Crippen LogP contribution in [0.25, 0.3) is 0 Å². The first kappa shape index (κ1) is 14.2. The van der Waals surface area contributed by atoms with Crippen LogP contribution in [0.4, 0.5) is 0 Å². The minimum atomic E-state index is 0.808. The van der Waals surface area contributed by atoms with Gasteiger partial charge in [-0.2, -0.15) is 0 Å². The van der Waals surface area contributed by atoms with Gasteiger partial charge in [0.1, 0.15) is 0 Å². The summed E-state index contributed by atoms with van der Waals surface area (Å²) in [6.45, 7) is 2.35. The van der Waals surface area contributed by atoms with E-state index in [0.717, 1.165) is 11.8 Å². The predicted octanol–water partition coefficient (Wildman–Crippen LogP) is 6.14. The Morgan fingerprint density at radius 3 is 2.10 bits per heavy atom. The zero-order valence-electron chi connectivity index (χ0n) is 13.1. The first-order chi connectivity index (χ1) is 9.90. The average molecular weight is 269 g/mol. The van der Waals surface area contributed by atoms with Gasteiger partial charge in [0.2, 0.25) is 0 Å². The highest BCUT2D eigenvalue weighted by Gasteiger charge is 2.23. The van der Waals surface area contributed by atoms with Crippen LogP contribution in [-0.2, 0) is 6.42 Å². The van der Waals surface area contributed by atoms with Gasteiger partial charge in [-0.3, -0.25) is 0 Å². The fourth-order valence-corrected chi connectivity index (χ4v) is 4.51. The van der Waals surface area contributed by atoms with Crippen molar-refractivity contribution in [1.82, 2.24) is 0 Å². The smallest absolute Gasteiger partial charge is 0.0143 e. The number of hydrogen-bond acceptors (Lipinski definition) is 0. The summed E-state index contributed by atoms with van der Waals surface area (Å²) in [4.78, 5) is 0. The standard InChI is InChI=1S/C20H29/c1-2-18-19(16-10-5-3-6-11-16)14-9-15-20(18)17-12-7-4-8-13-17/h9,14,16-17H,2-8,10-13H2,1H3. The largest absolute Gasteiger partial charge is 0.0613 e. The van der Waals surface area contributed by atoms with Crippen LogP contribution < -0.4 is 0 Å². The van der Waals surface area contributed by atoms with E-state index in [-0.39, 0.29) is 0 Å². The molecule has 2 saturated carbocycles. The van der Waals surface area contributed by atoms with E-state index in [1.165, 1.54) is 70.6 Å². The number of benzene rings is 1. The van der Waals surface area contributed by atoms with Gasteiger partial charge in [-0.05, 0) is 66.7 Å². The molecule has 2 aliphatic carbocycles. The van der Waals surface area contributed by atoms with E-state index in [1.54, 1.807) is 16.7 Å². The Balaban J connectivity index is 1.89. The van der Waals surface area contributed by atoms with Gasteiger partial charge >= 0.3 is 0 Å². The summed E-state index contributed by atoms with van der Waals surface area (Å²) < 4.78 is 0. The molecule has 3 rings (SSSR count). The summed E-state index contributed by atoms with van der Waals surface area (Å²) in [6.07, 6.45) is 15.5. The molecule has 0 amide bonds. The molecule has 0 aromatic heterocycles. The molecule has 109 valence electrons. The van der Waals surface area contributed by atoms with Crippen molar-refractivity contribution < 1.29 is 0 Å². The highest BCUT2D eigenvalue weighted by Crippen LogP contribution is 2.40. The summed E-state index contributed by atoms with van der Waals surface area (Å²) in [7, 11) is 0. The van der Waals surface area contributed by atoms with Gasteiger partial charge in [0.25, 0.3) is 0 Å². The van der Waals surface area contributed by atoms with Crippen LogP contribution in [0.5, 0.6) is 0 Å². The number of rotatable bonds is 3. The molecule has 1 aromatic carbocycles. The zero-order valence-corrected chi connectivity index (χ0v) is 13.1. The Kier molecular flexibility index (Phi) is 4.81. The van der Waals surface area contributed by atoms with Crippen molar-refractivity contribution in [1.29, 1.82) is 0 Å². The van der Waals surface area contributed by atoms with Crippen molar-refractivity contribution in [2.45, 2.75) is 89.4 Å². The first-order valence-corrected chi connectivity index (χ1v) is 8.93. The van der Waals surface area contributed by atoms with E-state index in [2.05, 4.69) is 25.1 Å². The molecule has 0 bridgehead atoms. The van der Waals surface area contributed by atoms with E-state index in [0.29, 0.717) is 0 Å². The van der Waals surface area contributed by atoms with Gasteiger partial charge in [0, 0.05) is 0 Å². The molecule has 0 heteroatoms. The quantitative estimate of drug-likeness (QED) is 0.618. The monoisotopic (exact) mass is 269 g/mol. The fourth-order valence-electron chi connectivity index (χ4n) is 4.51. The maximum absolute atomic E-state index is 3.64. The van der Waals surface area contributed by atoms with Crippen molar-refractivity contribution in [3.63, 3.8) is 0 Å². The van der Waals surface area contributed by atoms with Crippen LogP contribution in [0.3, 0.4) is 0 Å². The Morgan fingerprint density at radius 1 is 0.900 bits per heavy atom. The molecule has 0 heterocycles. The SMILES string of the molecule is CCc1c(C2CCCCC2)[c]ccc1C1CCCCC1. The molecule has 0 aliphatic heterocycles. The highest BCUT2D eigenvalue weighted by molar-refractivity contribution is 5.39. The van der Waals surface area contributed by atoms with E-state index >= 15 is 0 Å². The molecule has 1 aromatic rings. The molecule has 0 N–H and O–H groups in total. The molecule has 2 fully saturated rings. The highest BCUT2D eigenvalue weighted by atomic mass is 14.3. The molecule has 20 heavy (non-hydrogen) atoms. The van der Waals surface area contributed by atoms with Gasteiger partial charge < -0.3 is 0 Å². The minimum absolute atomic E-state index is 0.808. The van der Waals surface area contributed by atoms with E-state index < -0.39 is 0 Å². The molecular weight excluding hydrogens is 240 g/mol. The summed E-state index contributed by atoms with van der Waals surface area (Å²) >= 11 is 0. The molecule has 0 atom stereocenters. The lowest BCUT2D eigenvalue weighted by Crippen LogP contribution is -2.12. The Labute approximate surface area is 125 Å². The van der Waals surface area contributed by atoms with Crippen LogP contribution in [0.15, 0.2) is 12.1 Å². The number of hydrogen-bond donors (Lipinski definition) is 0. The second-order valence-electron chi connectivity index (χ2n) is 6.85. The Hall–Kier alpha value is -0.780. The summed E-state index contributed by atoms with van der Waals surface area (Å²) in [5.41, 5.74) is 4.95. The van der Waals surface area contributed by atoms with Crippen LogP contribution >= 0.6 is 0 Å². The van der Waals surface area contributed by atoms with Crippen LogP contribution in [0.2, 0.25) is 0 Å². The minimum Gasteiger partial charge on any atom is -0.0613 e. The Bertz CT molecular complexity index is 383. The maximum Gasteiger partial charge on any atom is -0.0143 e. The van der Waals surface area contributed by atoms with Crippen molar-refractivity contribution in [2.24, 2.45) is 0 Å². The van der Waals surface area contributed by atoms with Crippen molar-refractivity contribution >= 4 is 0 Å². The molecule has 0 spiro atoms.